The molecular formula is C17H24ClFN2O. The Hall–Kier alpha value is -1.13. The molecule has 0 radical (unpaired) electrons. The highest BCUT2D eigenvalue weighted by atomic mass is 35.5. The number of carbonyl (C=O) groups excluding carboxylic acids is 1. The van der Waals surface area contributed by atoms with Gasteiger partial charge in [-0.25, -0.2) is 4.39 Å². The van der Waals surface area contributed by atoms with Crippen molar-refractivity contribution in [2.75, 3.05) is 19.6 Å². The highest BCUT2D eigenvalue weighted by Crippen LogP contribution is 2.31. The molecule has 1 saturated carbocycles. The minimum absolute atomic E-state index is 0. The number of nitrogens with zero attached hydrogens (tertiary/aromatic N) is 1. The standard InChI is InChI=1S/C17H23FN2O.ClH/c1-12(15-8-19-9-15)17(21)20(10-13-2-3-13)11-14-4-6-16(18)7-5-14;/h4-7,12-13,15,19H,2-3,8-11H2,1H3;1H. The summed E-state index contributed by atoms with van der Waals surface area (Å²) in [6.07, 6.45) is 2.46. The molecule has 2 fully saturated rings. The zero-order chi connectivity index (χ0) is 14.8. The van der Waals surface area contributed by atoms with E-state index in [0.29, 0.717) is 18.4 Å². The van der Waals surface area contributed by atoms with E-state index in [-0.39, 0.29) is 30.0 Å². The van der Waals surface area contributed by atoms with Gasteiger partial charge in [0.1, 0.15) is 5.82 Å². The molecule has 0 bridgehead atoms. The van der Waals surface area contributed by atoms with Gasteiger partial charge in [-0.3, -0.25) is 4.79 Å². The van der Waals surface area contributed by atoms with Gasteiger partial charge < -0.3 is 10.2 Å². The van der Waals surface area contributed by atoms with Gasteiger partial charge in [0.2, 0.25) is 5.91 Å². The second-order valence-electron chi connectivity index (χ2n) is 6.50. The molecule has 1 atom stereocenters. The quantitative estimate of drug-likeness (QED) is 0.872. The third-order valence-electron chi connectivity index (χ3n) is 4.68. The summed E-state index contributed by atoms with van der Waals surface area (Å²) in [6.45, 7) is 5.38. The number of halogens is 2. The summed E-state index contributed by atoms with van der Waals surface area (Å²) >= 11 is 0. The Balaban J connectivity index is 0.00000176. The summed E-state index contributed by atoms with van der Waals surface area (Å²) in [6, 6.07) is 6.49. The van der Waals surface area contributed by atoms with Gasteiger partial charge >= 0.3 is 0 Å². The topological polar surface area (TPSA) is 32.3 Å². The van der Waals surface area contributed by atoms with Crippen LogP contribution in [0.4, 0.5) is 4.39 Å². The van der Waals surface area contributed by atoms with Gasteiger partial charge in [-0.05, 0) is 55.5 Å². The first-order valence-electron chi connectivity index (χ1n) is 7.87. The van der Waals surface area contributed by atoms with Crippen molar-refractivity contribution in [1.82, 2.24) is 10.2 Å². The monoisotopic (exact) mass is 326 g/mol. The highest BCUT2D eigenvalue weighted by molar-refractivity contribution is 5.85. The molecule has 1 N–H and O–H groups in total. The van der Waals surface area contributed by atoms with Gasteiger partial charge in [-0.1, -0.05) is 19.1 Å². The highest BCUT2D eigenvalue weighted by Gasteiger charge is 2.34. The molecule has 0 spiro atoms. The lowest BCUT2D eigenvalue weighted by Gasteiger charge is -2.35. The molecule has 1 aliphatic carbocycles. The molecule has 2 aliphatic rings. The van der Waals surface area contributed by atoms with E-state index in [1.807, 2.05) is 11.8 Å². The fraction of sp³-hybridized carbons (Fsp3) is 0.588. The summed E-state index contributed by atoms with van der Waals surface area (Å²) in [5, 5.41) is 3.23. The van der Waals surface area contributed by atoms with Crippen LogP contribution in [0.5, 0.6) is 0 Å². The van der Waals surface area contributed by atoms with E-state index in [4.69, 9.17) is 0 Å². The van der Waals surface area contributed by atoms with E-state index in [9.17, 15) is 9.18 Å². The Morgan fingerprint density at radius 3 is 2.45 bits per heavy atom. The van der Waals surface area contributed by atoms with Crippen LogP contribution in [-0.4, -0.2) is 30.4 Å². The maximum absolute atomic E-state index is 13.0. The molecule has 1 heterocycles. The smallest absolute Gasteiger partial charge is 0.226 e. The average molecular weight is 327 g/mol. The number of carbonyl (C=O) groups is 1. The van der Waals surface area contributed by atoms with Crippen molar-refractivity contribution in [2.45, 2.75) is 26.3 Å². The van der Waals surface area contributed by atoms with Crippen molar-refractivity contribution < 1.29 is 9.18 Å². The third-order valence-corrected chi connectivity index (χ3v) is 4.68. The zero-order valence-electron chi connectivity index (χ0n) is 12.9. The second-order valence-corrected chi connectivity index (χ2v) is 6.50. The van der Waals surface area contributed by atoms with Gasteiger partial charge in [0.05, 0.1) is 0 Å². The van der Waals surface area contributed by atoms with Crippen LogP contribution in [0.25, 0.3) is 0 Å². The normalized spacial score (nSPS) is 19.0. The minimum Gasteiger partial charge on any atom is -0.338 e. The van der Waals surface area contributed by atoms with Crippen molar-refractivity contribution in [3.05, 3.63) is 35.6 Å². The molecule has 5 heteroatoms. The fourth-order valence-corrected chi connectivity index (χ4v) is 2.81. The lowest BCUT2D eigenvalue weighted by molar-refractivity contribution is -0.138. The lowest BCUT2D eigenvalue weighted by atomic mass is 9.87. The number of benzene rings is 1. The maximum atomic E-state index is 13.0. The van der Waals surface area contributed by atoms with Gasteiger partial charge in [-0.2, -0.15) is 0 Å². The first-order valence-corrected chi connectivity index (χ1v) is 7.87. The van der Waals surface area contributed by atoms with Crippen LogP contribution in [0.3, 0.4) is 0 Å². The number of nitrogens with one attached hydrogen (secondary N) is 1. The molecule has 122 valence electrons. The third kappa shape index (κ3) is 4.20. The van der Waals surface area contributed by atoms with E-state index in [1.165, 1.54) is 25.0 Å². The summed E-state index contributed by atoms with van der Waals surface area (Å²) in [4.78, 5) is 14.7. The maximum Gasteiger partial charge on any atom is 0.226 e. The first-order chi connectivity index (χ1) is 10.1. The molecule has 1 saturated heterocycles. The molecule has 1 unspecified atom stereocenters. The van der Waals surface area contributed by atoms with E-state index < -0.39 is 0 Å². The average Bonchev–Trinajstić information content (AvgIpc) is 3.21. The molecule has 3 nitrogen and oxygen atoms in total. The largest absolute Gasteiger partial charge is 0.338 e. The first kappa shape index (κ1) is 17.2. The summed E-state index contributed by atoms with van der Waals surface area (Å²) in [5.74, 6) is 1.23. The van der Waals surface area contributed by atoms with E-state index >= 15 is 0 Å². The van der Waals surface area contributed by atoms with Crippen LogP contribution in [0.2, 0.25) is 0 Å². The summed E-state index contributed by atoms with van der Waals surface area (Å²) in [5.41, 5.74) is 1.00. The lowest BCUT2D eigenvalue weighted by Crippen LogP contribution is -2.50. The van der Waals surface area contributed by atoms with Crippen LogP contribution < -0.4 is 5.32 Å². The molecule has 3 rings (SSSR count). The van der Waals surface area contributed by atoms with Gasteiger partial charge in [-0.15, -0.1) is 12.4 Å². The van der Waals surface area contributed by atoms with Gasteiger partial charge in [0.15, 0.2) is 0 Å². The number of hydrogen-bond donors (Lipinski definition) is 1. The fourth-order valence-electron chi connectivity index (χ4n) is 2.81. The van der Waals surface area contributed by atoms with E-state index in [0.717, 1.165) is 25.2 Å². The molecule has 1 amide bonds. The summed E-state index contributed by atoms with van der Waals surface area (Å²) < 4.78 is 13.0. The molecule has 22 heavy (non-hydrogen) atoms. The SMILES string of the molecule is CC(C(=O)N(Cc1ccc(F)cc1)CC1CC1)C1CNC1.Cl. The predicted octanol–water partition coefficient (Wildman–Crippen LogP) is 2.84. The molecular weight excluding hydrogens is 303 g/mol. The van der Waals surface area contributed by atoms with Crippen molar-refractivity contribution in [3.8, 4) is 0 Å². The molecule has 1 aromatic rings. The van der Waals surface area contributed by atoms with Gasteiger partial charge in [0.25, 0.3) is 0 Å². The Morgan fingerprint density at radius 2 is 1.95 bits per heavy atom. The van der Waals surface area contributed by atoms with Crippen molar-refractivity contribution >= 4 is 18.3 Å². The zero-order valence-corrected chi connectivity index (χ0v) is 13.7. The Morgan fingerprint density at radius 1 is 1.32 bits per heavy atom. The van der Waals surface area contributed by atoms with Crippen LogP contribution in [0, 0.1) is 23.6 Å². The Bertz CT molecular complexity index is 500. The van der Waals surface area contributed by atoms with Crippen molar-refractivity contribution in [3.63, 3.8) is 0 Å². The minimum atomic E-state index is -0.229. The number of amides is 1. The molecule has 1 aromatic carbocycles. The van der Waals surface area contributed by atoms with Crippen LogP contribution >= 0.6 is 12.4 Å². The molecule has 1 aliphatic heterocycles. The number of hydrogen-bond acceptors (Lipinski definition) is 2. The second kappa shape index (κ2) is 7.42. The van der Waals surface area contributed by atoms with Crippen molar-refractivity contribution in [2.24, 2.45) is 17.8 Å². The van der Waals surface area contributed by atoms with E-state index in [2.05, 4.69) is 5.32 Å². The van der Waals surface area contributed by atoms with E-state index in [1.54, 1.807) is 12.1 Å². The predicted molar refractivity (Wildman–Crippen MR) is 87.3 cm³/mol. The number of rotatable bonds is 6. The van der Waals surface area contributed by atoms with Crippen LogP contribution in [0.15, 0.2) is 24.3 Å². The Kier molecular flexibility index (Phi) is 5.81. The summed E-state index contributed by atoms with van der Waals surface area (Å²) in [7, 11) is 0. The van der Waals surface area contributed by atoms with Gasteiger partial charge in [0, 0.05) is 19.0 Å². The molecule has 0 aromatic heterocycles. The Labute approximate surface area is 137 Å². The van der Waals surface area contributed by atoms with Crippen LogP contribution in [0.1, 0.15) is 25.3 Å². The van der Waals surface area contributed by atoms with Crippen LogP contribution in [-0.2, 0) is 11.3 Å². The van der Waals surface area contributed by atoms with Crippen molar-refractivity contribution in [1.29, 1.82) is 0 Å².